The van der Waals surface area contributed by atoms with Crippen molar-refractivity contribution >= 4 is 22.8 Å². The fourth-order valence-electron chi connectivity index (χ4n) is 1.96. The maximum absolute atomic E-state index is 12.0. The van der Waals surface area contributed by atoms with Gasteiger partial charge in [0, 0.05) is 5.39 Å². The minimum Gasteiger partial charge on any atom is -0.465 e. The molecule has 1 aromatic heterocycles. The Morgan fingerprint density at radius 3 is 2.45 bits per heavy atom. The molecule has 0 bridgehead atoms. The summed E-state index contributed by atoms with van der Waals surface area (Å²) in [5.74, 6) is -2.27. The average Bonchev–Trinajstić information content (AvgIpc) is 2.87. The molecule has 0 saturated carbocycles. The molecule has 1 heterocycles. The number of esters is 2. The van der Waals surface area contributed by atoms with Crippen molar-refractivity contribution in [2.45, 2.75) is 19.8 Å². The topological polar surface area (TPSA) is 81.3 Å². The van der Waals surface area contributed by atoms with Crippen molar-refractivity contribution < 1.29 is 19.1 Å². The van der Waals surface area contributed by atoms with Gasteiger partial charge in [0.15, 0.2) is 5.92 Å². The van der Waals surface area contributed by atoms with Gasteiger partial charge >= 0.3 is 11.9 Å². The lowest BCUT2D eigenvalue weighted by Crippen LogP contribution is -2.26. The smallest absolute Gasteiger partial charge is 0.324 e. The van der Waals surface area contributed by atoms with E-state index < -0.39 is 17.9 Å². The Balaban J connectivity index is 2.37. The van der Waals surface area contributed by atoms with Crippen LogP contribution in [0.15, 0.2) is 24.4 Å². The zero-order valence-corrected chi connectivity index (χ0v) is 11.4. The fraction of sp³-hybridized carbons (Fsp3) is 0.357. The Bertz CT molecular complexity index is 602. The molecule has 0 aliphatic heterocycles. The van der Waals surface area contributed by atoms with Crippen molar-refractivity contribution in [2.24, 2.45) is 0 Å². The third-order valence-corrected chi connectivity index (χ3v) is 2.84. The number of benzene rings is 1. The Hall–Kier alpha value is -2.37. The van der Waals surface area contributed by atoms with Gasteiger partial charge in [-0.15, -0.1) is 0 Å². The number of aromatic nitrogens is 2. The van der Waals surface area contributed by atoms with Crippen molar-refractivity contribution in [2.75, 3.05) is 13.2 Å². The van der Waals surface area contributed by atoms with E-state index in [1.54, 1.807) is 38.2 Å². The largest absolute Gasteiger partial charge is 0.465 e. The molecule has 0 unspecified atom stereocenters. The third-order valence-electron chi connectivity index (χ3n) is 2.84. The SMILES string of the molecule is CCOC(=O)C(C(=O)OCC)c1ccc2[nH]ncc2c1. The second-order valence-electron chi connectivity index (χ2n) is 4.15. The molecule has 0 aliphatic rings. The Labute approximate surface area is 116 Å². The quantitative estimate of drug-likeness (QED) is 0.665. The van der Waals surface area contributed by atoms with Crippen LogP contribution in [0.25, 0.3) is 10.9 Å². The highest BCUT2D eigenvalue weighted by Gasteiger charge is 2.31. The molecule has 0 aliphatic carbocycles. The second-order valence-corrected chi connectivity index (χ2v) is 4.15. The Morgan fingerprint density at radius 1 is 1.20 bits per heavy atom. The van der Waals surface area contributed by atoms with Crippen molar-refractivity contribution in [1.82, 2.24) is 10.2 Å². The molecule has 0 saturated heterocycles. The van der Waals surface area contributed by atoms with Crippen LogP contribution in [0.5, 0.6) is 0 Å². The van der Waals surface area contributed by atoms with Gasteiger partial charge in [0.25, 0.3) is 0 Å². The Kier molecular flexibility index (Phi) is 4.34. The van der Waals surface area contributed by atoms with E-state index in [4.69, 9.17) is 9.47 Å². The maximum atomic E-state index is 12.0. The minimum absolute atomic E-state index is 0.211. The van der Waals surface area contributed by atoms with Crippen LogP contribution < -0.4 is 0 Å². The van der Waals surface area contributed by atoms with Gasteiger partial charge in [0.1, 0.15) is 0 Å². The second kappa shape index (κ2) is 6.18. The van der Waals surface area contributed by atoms with Gasteiger partial charge in [-0.2, -0.15) is 5.10 Å². The first-order valence-corrected chi connectivity index (χ1v) is 6.43. The van der Waals surface area contributed by atoms with Crippen LogP contribution in [0.2, 0.25) is 0 Å². The van der Waals surface area contributed by atoms with Gasteiger partial charge in [0.05, 0.1) is 24.9 Å². The summed E-state index contributed by atoms with van der Waals surface area (Å²) in [6, 6.07) is 5.19. The van der Waals surface area contributed by atoms with Crippen LogP contribution in [-0.4, -0.2) is 35.3 Å². The minimum atomic E-state index is -1.06. The van der Waals surface area contributed by atoms with Crippen LogP contribution in [-0.2, 0) is 19.1 Å². The lowest BCUT2D eigenvalue weighted by atomic mass is 9.98. The lowest BCUT2D eigenvalue weighted by Gasteiger charge is -2.14. The molecule has 2 aromatic rings. The average molecular weight is 276 g/mol. The molecule has 6 nitrogen and oxygen atoms in total. The summed E-state index contributed by atoms with van der Waals surface area (Å²) >= 11 is 0. The molecule has 1 aromatic carbocycles. The van der Waals surface area contributed by atoms with Gasteiger partial charge in [-0.1, -0.05) is 6.07 Å². The summed E-state index contributed by atoms with van der Waals surface area (Å²) in [7, 11) is 0. The van der Waals surface area contributed by atoms with E-state index >= 15 is 0 Å². The highest BCUT2D eigenvalue weighted by atomic mass is 16.6. The normalized spacial score (nSPS) is 10.8. The summed E-state index contributed by atoms with van der Waals surface area (Å²) in [6.45, 7) is 3.81. The molecule has 6 heteroatoms. The standard InChI is InChI=1S/C14H16N2O4/c1-3-19-13(17)12(14(18)20-4-2)9-5-6-11-10(7-9)8-15-16-11/h5-8,12H,3-4H2,1-2H3,(H,15,16). The number of aromatic amines is 1. The molecular formula is C14H16N2O4. The lowest BCUT2D eigenvalue weighted by molar-refractivity contribution is -0.156. The first-order valence-electron chi connectivity index (χ1n) is 6.43. The molecule has 2 rings (SSSR count). The summed E-state index contributed by atoms with van der Waals surface area (Å²) < 4.78 is 9.91. The molecule has 0 fully saturated rings. The predicted molar refractivity (Wildman–Crippen MR) is 72.1 cm³/mol. The van der Waals surface area contributed by atoms with Crippen molar-refractivity contribution in [1.29, 1.82) is 0 Å². The van der Waals surface area contributed by atoms with Gasteiger partial charge in [0.2, 0.25) is 0 Å². The number of nitrogens with zero attached hydrogens (tertiary/aromatic N) is 1. The number of hydrogen-bond acceptors (Lipinski definition) is 5. The zero-order valence-electron chi connectivity index (χ0n) is 11.4. The maximum Gasteiger partial charge on any atom is 0.324 e. The number of ether oxygens (including phenoxy) is 2. The molecule has 0 radical (unpaired) electrons. The summed E-state index contributed by atoms with van der Waals surface area (Å²) in [5.41, 5.74) is 1.37. The highest BCUT2D eigenvalue weighted by Crippen LogP contribution is 2.23. The molecule has 0 atom stereocenters. The first kappa shape index (κ1) is 14.0. The molecular weight excluding hydrogens is 260 g/mol. The number of nitrogens with one attached hydrogen (secondary N) is 1. The molecule has 0 amide bonds. The van der Waals surface area contributed by atoms with Crippen LogP contribution in [0.3, 0.4) is 0 Å². The van der Waals surface area contributed by atoms with E-state index in [-0.39, 0.29) is 13.2 Å². The van der Waals surface area contributed by atoms with Gasteiger partial charge in [-0.05, 0) is 31.5 Å². The monoisotopic (exact) mass is 276 g/mol. The molecule has 1 N–H and O–H groups in total. The highest BCUT2D eigenvalue weighted by molar-refractivity contribution is 6.01. The van der Waals surface area contributed by atoms with Crippen molar-refractivity contribution in [3.63, 3.8) is 0 Å². The van der Waals surface area contributed by atoms with E-state index in [1.807, 2.05) is 0 Å². The van der Waals surface area contributed by atoms with E-state index in [0.29, 0.717) is 5.56 Å². The number of fused-ring (bicyclic) bond motifs is 1. The fourth-order valence-corrected chi connectivity index (χ4v) is 1.96. The Morgan fingerprint density at radius 2 is 1.85 bits per heavy atom. The van der Waals surface area contributed by atoms with E-state index in [9.17, 15) is 9.59 Å². The van der Waals surface area contributed by atoms with Gasteiger partial charge in [-0.3, -0.25) is 14.7 Å². The van der Waals surface area contributed by atoms with Crippen LogP contribution in [0.1, 0.15) is 25.3 Å². The summed E-state index contributed by atoms with van der Waals surface area (Å²) in [6.07, 6.45) is 1.63. The third kappa shape index (κ3) is 2.79. The number of hydrogen-bond donors (Lipinski definition) is 1. The van der Waals surface area contributed by atoms with Crippen LogP contribution in [0, 0.1) is 0 Å². The molecule has 0 spiro atoms. The zero-order chi connectivity index (χ0) is 14.5. The van der Waals surface area contributed by atoms with Crippen LogP contribution >= 0.6 is 0 Å². The van der Waals surface area contributed by atoms with Crippen molar-refractivity contribution in [3.8, 4) is 0 Å². The number of H-pyrrole nitrogens is 1. The van der Waals surface area contributed by atoms with E-state index in [2.05, 4.69) is 10.2 Å². The number of rotatable bonds is 5. The molecule has 106 valence electrons. The van der Waals surface area contributed by atoms with E-state index in [0.717, 1.165) is 10.9 Å². The molecule has 20 heavy (non-hydrogen) atoms. The number of carbonyl (C=O) groups is 2. The van der Waals surface area contributed by atoms with Gasteiger partial charge < -0.3 is 9.47 Å². The predicted octanol–water partition coefficient (Wildman–Crippen LogP) is 1.77. The van der Waals surface area contributed by atoms with Crippen molar-refractivity contribution in [3.05, 3.63) is 30.0 Å². The summed E-state index contributed by atoms with van der Waals surface area (Å²) in [5, 5.41) is 7.54. The van der Waals surface area contributed by atoms with E-state index in [1.165, 1.54) is 0 Å². The van der Waals surface area contributed by atoms with Gasteiger partial charge in [-0.25, -0.2) is 0 Å². The summed E-state index contributed by atoms with van der Waals surface area (Å²) in [4.78, 5) is 24.0. The number of carbonyl (C=O) groups excluding carboxylic acids is 2. The van der Waals surface area contributed by atoms with Crippen LogP contribution in [0.4, 0.5) is 0 Å². The first-order chi connectivity index (χ1) is 9.67.